The number of esters is 3. The number of rotatable bonds is 62. The lowest BCUT2D eigenvalue weighted by Crippen LogP contribution is -2.30. The molecule has 0 radical (unpaired) electrons. The molecule has 6 nitrogen and oxygen atoms in total. The highest BCUT2D eigenvalue weighted by atomic mass is 16.6. The molecule has 72 heavy (non-hydrogen) atoms. The summed E-state index contributed by atoms with van der Waals surface area (Å²) >= 11 is 0. The Balaban J connectivity index is 4.15. The molecule has 0 amide bonds. The van der Waals surface area contributed by atoms with Gasteiger partial charge < -0.3 is 14.2 Å². The molecule has 0 heterocycles. The highest BCUT2D eigenvalue weighted by Gasteiger charge is 2.19. The van der Waals surface area contributed by atoms with Crippen LogP contribution in [0.4, 0.5) is 0 Å². The van der Waals surface area contributed by atoms with Gasteiger partial charge in [-0.2, -0.15) is 0 Å². The van der Waals surface area contributed by atoms with Crippen molar-refractivity contribution >= 4 is 17.9 Å². The Hall–Kier alpha value is -1.59. The highest BCUT2D eigenvalue weighted by molar-refractivity contribution is 5.71. The predicted molar refractivity (Wildman–Crippen MR) is 312 cm³/mol. The van der Waals surface area contributed by atoms with E-state index in [9.17, 15) is 14.4 Å². The summed E-state index contributed by atoms with van der Waals surface area (Å²) < 4.78 is 16.9. The number of carbonyl (C=O) groups excluding carboxylic acids is 3. The predicted octanol–water partition coefficient (Wildman–Crippen LogP) is 22.3. The van der Waals surface area contributed by atoms with Crippen LogP contribution in [0.2, 0.25) is 0 Å². The standard InChI is InChI=1S/C66H128O6/c1-4-7-10-13-16-19-22-24-26-28-30-32-34-36-38-40-42-44-47-50-53-56-59-65(68)71-62-63(61-70-64(67)58-55-52-49-46-21-18-15-12-9-6-3)72-66(69)60-57-54-51-48-45-43-41-39-37-35-33-31-29-27-25-23-20-17-14-11-8-5-2/h63H,4-62H2,1-3H3. The van der Waals surface area contributed by atoms with E-state index < -0.39 is 6.10 Å². The molecule has 0 aromatic rings. The van der Waals surface area contributed by atoms with E-state index in [1.165, 1.54) is 289 Å². The number of carbonyl (C=O) groups is 3. The largest absolute Gasteiger partial charge is 0.462 e. The maximum atomic E-state index is 12.9. The normalized spacial score (nSPS) is 11.9. The summed E-state index contributed by atoms with van der Waals surface area (Å²) in [6.45, 7) is 6.72. The third-order valence-corrected chi connectivity index (χ3v) is 15.4. The third kappa shape index (κ3) is 59.3. The van der Waals surface area contributed by atoms with E-state index in [-0.39, 0.29) is 31.1 Å². The molecule has 0 N–H and O–H groups in total. The third-order valence-electron chi connectivity index (χ3n) is 15.4. The van der Waals surface area contributed by atoms with Crippen LogP contribution in [-0.2, 0) is 28.6 Å². The molecule has 0 bridgehead atoms. The molecular formula is C66H128O6. The van der Waals surface area contributed by atoms with Gasteiger partial charge in [0.15, 0.2) is 6.10 Å². The zero-order valence-electron chi connectivity index (χ0n) is 49.2. The molecule has 0 spiro atoms. The summed E-state index contributed by atoms with van der Waals surface area (Å²) in [4.78, 5) is 38.2. The van der Waals surface area contributed by atoms with Crippen molar-refractivity contribution < 1.29 is 28.6 Å². The van der Waals surface area contributed by atoms with Gasteiger partial charge in [-0.15, -0.1) is 0 Å². The van der Waals surface area contributed by atoms with Gasteiger partial charge in [-0.25, -0.2) is 0 Å². The first-order valence-electron chi connectivity index (χ1n) is 33.0. The molecule has 0 saturated heterocycles. The van der Waals surface area contributed by atoms with Crippen LogP contribution in [0.25, 0.3) is 0 Å². The number of hydrogen-bond acceptors (Lipinski definition) is 6. The number of hydrogen-bond donors (Lipinski definition) is 0. The molecular weight excluding hydrogens is 889 g/mol. The lowest BCUT2D eigenvalue weighted by molar-refractivity contribution is -0.167. The maximum absolute atomic E-state index is 12.9. The van der Waals surface area contributed by atoms with Crippen molar-refractivity contribution in [1.82, 2.24) is 0 Å². The highest BCUT2D eigenvalue weighted by Crippen LogP contribution is 2.19. The van der Waals surface area contributed by atoms with E-state index in [4.69, 9.17) is 14.2 Å². The summed E-state index contributed by atoms with van der Waals surface area (Å²) in [5.74, 6) is -0.827. The van der Waals surface area contributed by atoms with E-state index in [2.05, 4.69) is 20.8 Å². The van der Waals surface area contributed by atoms with Crippen molar-refractivity contribution in [2.75, 3.05) is 13.2 Å². The van der Waals surface area contributed by atoms with Crippen molar-refractivity contribution in [3.8, 4) is 0 Å². The summed E-state index contributed by atoms with van der Waals surface area (Å²) in [5.41, 5.74) is 0. The molecule has 0 aliphatic rings. The average molecular weight is 1020 g/mol. The average Bonchev–Trinajstić information content (AvgIpc) is 3.38. The second-order valence-electron chi connectivity index (χ2n) is 22.8. The quantitative estimate of drug-likeness (QED) is 0.0343. The van der Waals surface area contributed by atoms with Gasteiger partial charge in [0, 0.05) is 19.3 Å². The van der Waals surface area contributed by atoms with Gasteiger partial charge in [-0.05, 0) is 19.3 Å². The van der Waals surface area contributed by atoms with Gasteiger partial charge in [-0.1, -0.05) is 348 Å². The van der Waals surface area contributed by atoms with Crippen LogP contribution in [0.1, 0.15) is 387 Å². The Labute approximate surface area is 450 Å². The second-order valence-corrected chi connectivity index (χ2v) is 22.8. The second kappa shape index (κ2) is 62.0. The SMILES string of the molecule is CCCCCCCCCCCCCCCCCCCCCCCCC(=O)OCC(COC(=O)CCCCCCCCCCCC)OC(=O)CCCCCCCCCCCCCCCCCCCCCCCC. The van der Waals surface area contributed by atoms with Crippen molar-refractivity contribution in [3.63, 3.8) is 0 Å². The fourth-order valence-corrected chi connectivity index (χ4v) is 10.4. The Morgan fingerprint density at radius 3 is 0.556 bits per heavy atom. The molecule has 0 aromatic heterocycles. The minimum atomic E-state index is -0.762. The van der Waals surface area contributed by atoms with Crippen molar-refractivity contribution in [2.45, 2.75) is 393 Å². The molecule has 0 rings (SSSR count). The Morgan fingerprint density at radius 2 is 0.375 bits per heavy atom. The lowest BCUT2D eigenvalue weighted by atomic mass is 10.0. The fourth-order valence-electron chi connectivity index (χ4n) is 10.4. The molecule has 0 fully saturated rings. The van der Waals surface area contributed by atoms with Crippen molar-refractivity contribution in [3.05, 3.63) is 0 Å². The molecule has 428 valence electrons. The van der Waals surface area contributed by atoms with Crippen molar-refractivity contribution in [2.24, 2.45) is 0 Å². The topological polar surface area (TPSA) is 78.9 Å². The maximum Gasteiger partial charge on any atom is 0.306 e. The summed E-state index contributed by atoms with van der Waals surface area (Å²) in [6, 6.07) is 0. The molecule has 0 aromatic carbocycles. The van der Waals surface area contributed by atoms with Gasteiger partial charge in [0.1, 0.15) is 13.2 Å². The van der Waals surface area contributed by atoms with Gasteiger partial charge in [0.05, 0.1) is 0 Å². The lowest BCUT2D eigenvalue weighted by Gasteiger charge is -2.18. The summed E-state index contributed by atoms with van der Waals surface area (Å²) in [6.07, 6.45) is 71.3. The van der Waals surface area contributed by atoms with E-state index in [0.29, 0.717) is 19.3 Å². The molecule has 0 saturated carbocycles. The minimum Gasteiger partial charge on any atom is -0.462 e. The van der Waals surface area contributed by atoms with Crippen LogP contribution in [0.3, 0.4) is 0 Å². The zero-order valence-corrected chi connectivity index (χ0v) is 49.2. The first-order chi connectivity index (χ1) is 35.5. The van der Waals surface area contributed by atoms with Crippen LogP contribution >= 0.6 is 0 Å². The minimum absolute atomic E-state index is 0.0607. The van der Waals surface area contributed by atoms with Gasteiger partial charge in [0.2, 0.25) is 0 Å². The fraction of sp³-hybridized carbons (Fsp3) is 0.955. The summed E-state index contributed by atoms with van der Waals surface area (Å²) in [7, 11) is 0. The van der Waals surface area contributed by atoms with E-state index >= 15 is 0 Å². The first kappa shape index (κ1) is 70.4. The smallest absolute Gasteiger partial charge is 0.306 e. The van der Waals surface area contributed by atoms with Gasteiger partial charge in [-0.3, -0.25) is 14.4 Å². The van der Waals surface area contributed by atoms with Crippen LogP contribution in [0, 0.1) is 0 Å². The molecule has 1 unspecified atom stereocenters. The van der Waals surface area contributed by atoms with Crippen LogP contribution < -0.4 is 0 Å². The molecule has 6 heteroatoms. The van der Waals surface area contributed by atoms with E-state index in [0.717, 1.165) is 57.8 Å². The molecule has 0 aliphatic carbocycles. The monoisotopic (exact) mass is 1020 g/mol. The van der Waals surface area contributed by atoms with E-state index in [1.807, 2.05) is 0 Å². The molecule has 0 aliphatic heterocycles. The van der Waals surface area contributed by atoms with Crippen molar-refractivity contribution in [1.29, 1.82) is 0 Å². The summed E-state index contributed by atoms with van der Waals surface area (Å²) in [5, 5.41) is 0. The zero-order chi connectivity index (χ0) is 52.2. The van der Waals surface area contributed by atoms with Gasteiger partial charge >= 0.3 is 17.9 Å². The Kier molecular flexibility index (Phi) is 60.6. The first-order valence-corrected chi connectivity index (χ1v) is 33.0. The van der Waals surface area contributed by atoms with Crippen LogP contribution in [-0.4, -0.2) is 37.2 Å². The Morgan fingerprint density at radius 1 is 0.222 bits per heavy atom. The Bertz CT molecular complexity index is 1080. The molecule has 1 atom stereocenters. The van der Waals surface area contributed by atoms with E-state index in [1.54, 1.807) is 0 Å². The number of unbranched alkanes of at least 4 members (excludes halogenated alkanes) is 51. The number of ether oxygens (including phenoxy) is 3. The van der Waals surface area contributed by atoms with Gasteiger partial charge in [0.25, 0.3) is 0 Å². The van der Waals surface area contributed by atoms with Crippen LogP contribution in [0.5, 0.6) is 0 Å². The van der Waals surface area contributed by atoms with Crippen LogP contribution in [0.15, 0.2) is 0 Å².